The summed E-state index contributed by atoms with van der Waals surface area (Å²) in [4.78, 5) is 0. The van der Waals surface area contributed by atoms with Gasteiger partial charge in [-0.3, -0.25) is 0 Å². The van der Waals surface area contributed by atoms with Crippen LogP contribution in [0.2, 0.25) is 0 Å². The fourth-order valence-corrected chi connectivity index (χ4v) is 2.06. The lowest BCUT2D eigenvalue weighted by atomic mass is 9.89. The topological polar surface area (TPSA) is 26.0 Å². The molecular formula is C12H15F2N. The highest BCUT2D eigenvalue weighted by Gasteiger charge is 2.46. The Labute approximate surface area is 88.3 Å². The van der Waals surface area contributed by atoms with E-state index in [9.17, 15) is 8.78 Å². The predicted octanol–water partition coefficient (Wildman–Crippen LogP) is 2.79. The Kier molecular flexibility index (Phi) is 2.30. The van der Waals surface area contributed by atoms with Crippen molar-refractivity contribution in [3.8, 4) is 0 Å². The standard InChI is InChI=1S/C12H15F2N/c1-11(13,14)9-4-2-3-5-10(9)12(8-15)6-7-12/h2-5H,6-8,15H2,1H3. The molecule has 0 aliphatic heterocycles. The number of nitrogens with two attached hydrogens (primary N) is 1. The summed E-state index contributed by atoms with van der Waals surface area (Å²) >= 11 is 0. The normalized spacial score (nSPS) is 18.9. The van der Waals surface area contributed by atoms with E-state index in [0.717, 1.165) is 25.3 Å². The van der Waals surface area contributed by atoms with Crippen molar-refractivity contribution in [2.75, 3.05) is 6.54 Å². The van der Waals surface area contributed by atoms with Crippen molar-refractivity contribution in [2.45, 2.75) is 31.1 Å². The summed E-state index contributed by atoms with van der Waals surface area (Å²) < 4.78 is 26.7. The van der Waals surface area contributed by atoms with Crippen LogP contribution in [-0.4, -0.2) is 6.54 Å². The number of hydrogen-bond donors (Lipinski definition) is 1. The van der Waals surface area contributed by atoms with Gasteiger partial charge >= 0.3 is 0 Å². The van der Waals surface area contributed by atoms with Gasteiger partial charge < -0.3 is 5.73 Å². The van der Waals surface area contributed by atoms with Gasteiger partial charge in [-0.05, 0) is 18.4 Å². The average Bonchev–Trinajstić information content (AvgIpc) is 2.97. The molecule has 15 heavy (non-hydrogen) atoms. The second-order valence-electron chi connectivity index (χ2n) is 4.42. The van der Waals surface area contributed by atoms with E-state index in [1.165, 1.54) is 6.07 Å². The average molecular weight is 211 g/mol. The van der Waals surface area contributed by atoms with Crippen molar-refractivity contribution in [2.24, 2.45) is 5.73 Å². The van der Waals surface area contributed by atoms with Crippen LogP contribution in [0, 0.1) is 0 Å². The van der Waals surface area contributed by atoms with Crippen LogP contribution in [-0.2, 0) is 11.3 Å². The predicted molar refractivity (Wildman–Crippen MR) is 56.0 cm³/mol. The monoisotopic (exact) mass is 211 g/mol. The van der Waals surface area contributed by atoms with Gasteiger partial charge in [-0.1, -0.05) is 24.3 Å². The van der Waals surface area contributed by atoms with Gasteiger partial charge in [-0.15, -0.1) is 0 Å². The summed E-state index contributed by atoms with van der Waals surface area (Å²) in [6, 6.07) is 6.75. The molecule has 1 fully saturated rings. The summed E-state index contributed by atoms with van der Waals surface area (Å²) in [6.07, 6.45) is 1.85. The Morgan fingerprint density at radius 3 is 2.40 bits per heavy atom. The minimum atomic E-state index is -2.78. The van der Waals surface area contributed by atoms with Gasteiger partial charge in [-0.25, -0.2) is 8.78 Å². The quantitative estimate of drug-likeness (QED) is 0.817. The maximum absolute atomic E-state index is 13.4. The molecule has 1 aromatic carbocycles. The molecule has 0 aromatic heterocycles. The third-order valence-corrected chi connectivity index (χ3v) is 3.22. The Morgan fingerprint density at radius 1 is 1.33 bits per heavy atom. The second-order valence-corrected chi connectivity index (χ2v) is 4.42. The summed E-state index contributed by atoms with van der Waals surface area (Å²) in [7, 11) is 0. The fourth-order valence-electron chi connectivity index (χ4n) is 2.06. The van der Waals surface area contributed by atoms with Gasteiger partial charge in [0.05, 0.1) is 0 Å². The molecule has 3 heteroatoms. The van der Waals surface area contributed by atoms with Crippen molar-refractivity contribution in [3.05, 3.63) is 35.4 Å². The lowest BCUT2D eigenvalue weighted by Crippen LogP contribution is -2.24. The van der Waals surface area contributed by atoms with E-state index in [1.807, 2.05) is 0 Å². The molecule has 82 valence electrons. The molecule has 1 nitrogen and oxygen atoms in total. The van der Waals surface area contributed by atoms with Gasteiger partial charge in [-0.2, -0.15) is 0 Å². The summed E-state index contributed by atoms with van der Waals surface area (Å²) in [6.45, 7) is 1.40. The maximum atomic E-state index is 13.4. The first-order valence-electron chi connectivity index (χ1n) is 5.17. The third-order valence-electron chi connectivity index (χ3n) is 3.22. The number of hydrogen-bond acceptors (Lipinski definition) is 1. The Balaban J connectivity index is 2.48. The van der Waals surface area contributed by atoms with Crippen LogP contribution in [0.4, 0.5) is 8.78 Å². The van der Waals surface area contributed by atoms with Gasteiger partial charge in [0.25, 0.3) is 5.92 Å². The number of halogens is 2. The largest absolute Gasteiger partial charge is 0.330 e. The number of alkyl halides is 2. The van der Waals surface area contributed by atoms with E-state index < -0.39 is 5.92 Å². The molecule has 0 heterocycles. The van der Waals surface area contributed by atoms with E-state index in [4.69, 9.17) is 5.73 Å². The Hall–Kier alpha value is -0.960. The van der Waals surface area contributed by atoms with Crippen LogP contribution in [0.5, 0.6) is 0 Å². The highest BCUT2D eigenvalue weighted by atomic mass is 19.3. The summed E-state index contributed by atoms with van der Waals surface area (Å²) in [5.74, 6) is -2.78. The van der Waals surface area contributed by atoms with Crippen LogP contribution in [0.25, 0.3) is 0 Å². The van der Waals surface area contributed by atoms with Crippen LogP contribution in [0.1, 0.15) is 30.9 Å². The molecule has 0 bridgehead atoms. The molecule has 2 rings (SSSR count). The van der Waals surface area contributed by atoms with Crippen LogP contribution in [0.15, 0.2) is 24.3 Å². The zero-order chi connectivity index (χ0) is 11.1. The third kappa shape index (κ3) is 1.76. The van der Waals surface area contributed by atoms with Gasteiger partial charge in [0.15, 0.2) is 0 Å². The van der Waals surface area contributed by atoms with E-state index in [2.05, 4.69) is 0 Å². The second kappa shape index (κ2) is 3.27. The van der Waals surface area contributed by atoms with Crippen molar-refractivity contribution >= 4 is 0 Å². The van der Waals surface area contributed by atoms with E-state index in [0.29, 0.717) is 6.54 Å². The Bertz CT molecular complexity index is 364. The SMILES string of the molecule is CC(F)(F)c1ccccc1C1(CN)CC1. The zero-order valence-corrected chi connectivity index (χ0v) is 8.76. The molecule has 1 aromatic rings. The first kappa shape index (κ1) is 10.6. The first-order chi connectivity index (χ1) is 6.99. The molecule has 0 unspecified atom stereocenters. The smallest absolute Gasteiger partial charge is 0.270 e. The minimum Gasteiger partial charge on any atom is -0.330 e. The first-order valence-corrected chi connectivity index (χ1v) is 5.17. The van der Waals surface area contributed by atoms with Gasteiger partial charge in [0.2, 0.25) is 0 Å². The molecule has 1 aliphatic carbocycles. The molecule has 0 atom stereocenters. The van der Waals surface area contributed by atoms with Crippen molar-refractivity contribution in [3.63, 3.8) is 0 Å². The fraction of sp³-hybridized carbons (Fsp3) is 0.500. The van der Waals surface area contributed by atoms with E-state index in [1.54, 1.807) is 18.2 Å². The molecule has 1 saturated carbocycles. The highest BCUT2D eigenvalue weighted by Crippen LogP contribution is 2.50. The molecule has 0 saturated heterocycles. The molecule has 1 aliphatic rings. The van der Waals surface area contributed by atoms with Gasteiger partial charge in [0, 0.05) is 24.4 Å². The van der Waals surface area contributed by atoms with Crippen molar-refractivity contribution < 1.29 is 8.78 Å². The van der Waals surface area contributed by atoms with Crippen molar-refractivity contribution in [1.29, 1.82) is 0 Å². The molecule has 0 radical (unpaired) electrons. The lowest BCUT2D eigenvalue weighted by Gasteiger charge is -2.21. The molecule has 0 spiro atoms. The lowest BCUT2D eigenvalue weighted by molar-refractivity contribution is 0.0160. The van der Waals surface area contributed by atoms with Gasteiger partial charge in [0.1, 0.15) is 0 Å². The number of benzene rings is 1. The highest BCUT2D eigenvalue weighted by molar-refractivity contribution is 5.41. The van der Waals surface area contributed by atoms with Crippen LogP contribution in [0.3, 0.4) is 0 Å². The molecule has 2 N–H and O–H groups in total. The van der Waals surface area contributed by atoms with Crippen LogP contribution >= 0.6 is 0 Å². The zero-order valence-electron chi connectivity index (χ0n) is 8.76. The summed E-state index contributed by atoms with van der Waals surface area (Å²) in [5.41, 5.74) is 6.37. The van der Waals surface area contributed by atoms with E-state index in [-0.39, 0.29) is 11.0 Å². The molecular weight excluding hydrogens is 196 g/mol. The van der Waals surface area contributed by atoms with Crippen LogP contribution < -0.4 is 5.73 Å². The Morgan fingerprint density at radius 2 is 1.93 bits per heavy atom. The van der Waals surface area contributed by atoms with E-state index >= 15 is 0 Å². The minimum absolute atomic E-state index is 0.132. The number of rotatable bonds is 3. The van der Waals surface area contributed by atoms with Crippen molar-refractivity contribution in [1.82, 2.24) is 0 Å². The maximum Gasteiger partial charge on any atom is 0.270 e. The summed E-state index contributed by atoms with van der Waals surface area (Å²) in [5, 5.41) is 0. The molecule has 0 amide bonds.